The van der Waals surface area contributed by atoms with E-state index in [0.717, 1.165) is 31.6 Å². The van der Waals surface area contributed by atoms with Crippen LogP contribution in [0.1, 0.15) is 18.9 Å². The van der Waals surface area contributed by atoms with E-state index in [1.807, 2.05) is 16.8 Å². The number of aromatic nitrogens is 4. The van der Waals surface area contributed by atoms with E-state index in [1.54, 1.807) is 6.07 Å². The number of nitrogen functional groups attached to an aromatic ring is 1. The fourth-order valence-corrected chi connectivity index (χ4v) is 2.45. The van der Waals surface area contributed by atoms with Crippen LogP contribution in [0.25, 0.3) is 11.4 Å². The van der Waals surface area contributed by atoms with Gasteiger partial charge in [-0.15, -0.1) is 5.10 Å². The van der Waals surface area contributed by atoms with Crippen molar-refractivity contribution in [3.8, 4) is 11.4 Å². The Kier molecular flexibility index (Phi) is 3.35. The minimum atomic E-state index is 0.247. The number of para-hydroxylation sites is 1. The molecule has 2 aromatic rings. The minimum absolute atomic E-state index is 0.247. The molecule has 0 radical (unpaired) electrons. The largest absolute Gasteiger partial charge is 0.397 e. The zero-order valence-electron chi connectivity index (χ0n) is 10.3. The lowest BCUT2D eigenvalue weighted by molar-refractivity contribution is 0.0662. The van der Waals surface area contributed by atoms with Gasteiger partial charge in [0.2, 0.25) is 0 Å². The molecule has 1 aliphatic heterocycles. The summed E-state index contributed by atoms with van der Waals surface area (Å²) in [6.07, 6.45) is 1.80. The number of nitrogens with two attached hydrogens (primary N) is 1. The van der Waals surface area contributed by atoms with E-state index in [0.29, 0.717) is 16.5 Å². The highest BCUT2D eigenvalue weighted by Crippen LogP contribution is 2.32. The van der Waals surface area contributed by atoms with E-state index in [9.17, 15) is 0 Å². The van der Waals surface area contributed by atoms with Crippen molar-refractivity contribution < 1.29 is 4.74 Å². The van der Waals surface area contributed by atoms with Crippen LogP contribution >= 0.6 is 11.6 Å². The molecule has 0 saturated carbocycles. The summed E-state index contributed by atoms with van der Waals surface area (Å²) < 4.78 is 7.18. The lowest BCUT2D eigenvalue weighted by Gasteiger charge is -2.22. The van der Waals surface area contributed by atoms with Crippen molar-refractivity contribution in [1.82, 2.24) is 20.2 Å². The smallest absolute Gasteiger partial charge is 0.184 e. The quantitative estimate of drug-likeness (QED) is 0.850. The third-order valence-corrected chi connectivity index (χ3v) is 3.65. The summed E-state index contributed by atoms with van der Waals surface area (Å²) in [7, 11) is 0. The van der Waals surface area contributed by atoms with E-state index >= 15 is 0 Å². The van der Waals surface area contributed by atoms with E-state index < -0.39 is 0 Å². The average molecular weight is 280 g/mol. The molecule has 1 fully saturated rings. The summed E-state index contributed by atoms with van der Waals surface area (Å²) >= 11 is 6.05. The zero-order chi connectivity index (χ0) is 13.2. The number of tetrazole rings is 1. The van der Waals surface area contributed by atoms with Crippen LogP contribution in [0.5, 0.6) is 0 Å². The van der Waals surface area contributed by atoms with Gasteiger partial charge in [0.05, 0.1) is 16.8 Å². The second-order valence-electron chi connectivity index (χ2n) is 4.49. The first-order valence-corrected chi connectivity index (χ1v) is 6.55. The molecule has 2 heterocycles. The highest BCUT2D eigenvalue weighted by Gasteiger charge is 2.22. The summed E-state index contributed by atoms with van der Waals surface area (Å²) in [5.41, 5.74) is 7.28. The van der Waals surface area contributed by atoms with E-state index in [4.69, 9.17) is 22.1 Å². The minimum Gasteiger partial charge on any atom is -0.397 e. The summed E-state index contributed by atoms with van der Waals surface area (Å²) in [6, 6.07) is 5.72. The Morgan fingerprint density at radius 1 is 1.32 bits per heavy atom. The first-order valence-electron chi connectivity index (χ1n) is 6.17. The maximum Gasteiger partial charge on any atom is 0.184 e. The average Bonchev–Trinajstić information content (AvgIpc) is 2.92. The van der Waals surface area contributed by atoms with Crippen LogP contribution in [0.4, 0.5) is 5.69 Å². The second-order valence-corrected chi connectivity index (χ2v) is 4.90. The first-order chi connectivity index (χ1) is 9.27. The highest BCUT2D eigenvalue weighted by molar-refractivity contribution is 6.33. The predicted molar refractivity (Wildman–Crippen MR) is 71.8 cm³/mol. The van der Waals surface area contributed by atoms with Gasteiger partial charge < -0.3 is 10.5 Å². The van der Waals surface area contributed by atoms with E-state index in [1.165, 1.54) is 0 Å². The monoisotopic (exact) mass is 279 g/mol. The SMILES string of the molecule is Nc1c(Cl)cccc1-c1nnnn1C1CCOCC1. The molecule has 1 saturated heterocycles. The van der Waals surface area contributed by atoms with Crippen molar-refractivity contribution in [2.75, 3.05) is 18.9 Å². The Hall–Kier alpha value is -1.66. The van der Waals surface area contributed by atoms with Gasteiger partial charge in [-0.25, -0.2) is 4.68 Å². The lowest BCUT2D eigenvalue weighted by Crippen LogP contribution is -2.21. The summed E-state index contributed by atoms with van der Waals surface area (Å²) in [6.45, 7) is 1.46. The molecule has 6 nitrogen and oxygen atoms in total. The fourth-order valence-electron chi connectivity index (χ4n) is 2.28. The van der Waals surface area contributed by atoms with E-state index in [2.05, 4.69) is 15.5 Å². The van der Waals surface area contributed by atoms with Gasteiger partial charge in [-0.1, -0.05) is 17.7 Å². The first kappa shape index (κ1) is 12.4. The van der Waals surface area contributed by atoms with Crippen LogP contribution in [0.3, 0.4) is 0 Å². The van der Waals surface area contributed by atoms with Crippen molar-refractivity contribution in [1.29, 1.82) is 0 Å². The third-order valence-electron chi connectivity index (χ3n) is 3.32. The number of nitrogens with zero attached hydrogens (tertiary/aromatic N) is 4. The van der Waals surface area contributed by atoms with Gasteiger partial charge in [-0.2, -0.15) is 0 Å². The van der Waals surface area contributed by atoms with Crippen LogP contribution in [0.15, 0.2) is 18.2 Å². The van der Waals surface area contributed by atoms with Gasteiger partial charge in [0.1, 0.15) is 0 Å². The molecule has 19 heavy (non-hydrogen) atoms. The third kappa shape index (κ3) is 2.29. The van der Waals surface area contributed by atoms with E-state index in [-0.39, 0.29) is 6.04 Å². The Morgan fingerprint density at radius 2 is 2.11 bits per heavy atom. The normalized spacial score (nSPS) is 16.7. The predicted octanol–water partition coefficient (Wildman–Crippen LogP) is 1.93. The molecule has 2 N–H and O–H groups in total. The molecule has 0 aliphatic carbocycles. The van der Waals surface area contributed by atoms with Crippen molar-refractivity contribution >= 4 is 17.3 Å². The number of hydrogen-bond donors (Lipinski definition) is 1. The Balaban J connectivity index is 2.01. The molecule has 0 unspecified atom stereocenters. The number of benzene rings is 1. The molecule has 0 spiro atoms. The summed E-state index contributed by atoms with van der Waals surface area (Å²) in [4.78, 5) is 0. The second kappa shape index (κ2) is 5.14. The van der Waals surface area contributed by atoms with Crippen molar-refractivity contribution in [3.63, 3.8) is 0 Å². The number of ether oxygens (including phenoxy) is 1. The van der Waals surface area contributed by atoms with Crippen LogP contribution in [0, 0.1) is 0 Å². The van der Waals surface area contributed by atoms with Gasteiger partial charge in [0.15, 0.2) is 5.82 Å². The van der Waals surface area contributed by atoms with Gasteiger partial charge in [-0.05, 0) is 35.4 Å². The Morgan fingerprint density at radius 3 is 2.89 bits per heavy atom. The van der Waals surface area contributed by atoms with Crippen LogP contribution in [0.2, 0.25) is 5.02 Å². The molecule has 100 valence electrons. The van der Waals surface area contributed by atoms with Crippen molar-refractivity contribution in [2.24, 2.45) is 0 Å². The molecule has 0 bridgehead atoms. The molecule has 1 aliphatic rings. The standard InChI is InChI=1S/C12H14ClN5O/c13-10-3-1-2-9(11(10)14)12-15-16-17-18(12)8-4-6-19-7-5-8/h1-3,8H,4-7,14H2. The Bertz CT molecular complexity index is 579. The lowest BCUT2D eigenvalue weighted by atomic mass is 10.1. The Labute approximate surface area is 115 Å². The number of rotatable bonds is 2. The summed E-state index contributed by atoms with van der Waals surface area (Å²) in [5, 5.41) is 12.5. The number of anilines is 1. The van der Waals surface area contributed by atoms with Crippen molar-refractivity contribution in [3.05, 3.63) is 23.2 Å². The van der Waals surface area contributed by atoms with Crippen LogP contribution in [-0.4, -0.2) is 33.4 Å². The molecule has 1 aromatic heterocycles. The zero-order valence-corrected chi connectivity index (χ0v) is 11.0. The number of hydrogen-bond acceptors (Lipinski definition) is 5. The molecule has 3 rings (SSSR count). The number of halogens is 1. The van der Waals surface area contributed by atoms with Gasteiger partial charge >= 0.3 is 0 Å². The van der Waals surface area contributed by atoms with Crippen LogP contribution < -0.4 is 5.73 Å². The van der Waals surface area contributed by atoms with Gasteiger partial charge in [0.25, 0.3) is 0 Å². The molecule has 7 heteroatoms. The maximum absolute atomic E-state index is 6.05. The fraction of sp³-hybridized carbons (Fsp3) is 0.417. The maximum atomic E-state index is 6.05. The van der Waals surface area contributed by atoms with Gasteiger partial charge in [0, 0.05) is 18.8 Å². The molecule has 0 atom stereocenters. The van der Waals surface area contributed by atoms with Gasteiger partial charge in [-0.3, -0.25) is 0 Å². The molecular weight excluding hydrogens is 266 g/mol. The molecule has 1 aromatic carbocycles. The topological polar surface area (TPSA) is 78.9 Å². The van der Waals surface area contributed by atoms with Crippen molar-refractivity contribution in [2.45, 2.75) is 18.9 Å². The van der Waals surface area contributed by atoms with Crippen LogP contribution in [-0.2, 0) is 4.74 Å². The molecule has 0 amide bonds. The summed E-state index contributed by atoms with van der Waals surface area (Å²) in [5.74, 6) is 0.659. The molecular formula is C12H14ClN5O. The highest BCUT2D eigenvalue weighted by atomic mass is 35.5.